The third kappa shape index (κ3) is 3.96. The maximum absolute atomic E-state index is 15.3. The molecule has 2 N–H and O–H groups in total. The normalized spacial score (nSPS) is 22.8. The third-order valence-electron chi connectivity index (χ3n) is 6.27. The van der Waals surface area contributed by atoms with Crippen LogP contribution in [0.2, 0.25) is 0 Å². The topological polar surface area (TPSA) is 48.4 Å². The number of nitrogens with zero attached hydrogens (tertiary/aromatic N) is 2. The molecule has 4 nitrogen and oxygen atoms in total. The molecule has 166 valence electrons. The number of aliphatic hydroxyl groups excluding tert-OH is 1. The Morgan fingerprint density at radius 1 is 1.29 bits per heavy atom. The number of aromatic nitrogens is 1. The molecule has 0 radical (unpaired) electrons. The number of nitrogens with one attached hydrogen (secondary N) is 1. The van der Waals surface area contributed by atoms with Crippen molar-refractivity contribution in [1.29, 1.82) is 0 Å². The summed E-state index contributed by atoms with van der Waals surface area (Å²) < 4.78 is 45.5. The Bertz CT molecular complexity index is 998. The van der Waals surface area contributed by atoms with E-state index in [0.29, 0.717) is 19.4 Å². The zero-order chi connectivity index (χ0) is 22.3. The predicted molar refractivity (Wildman–Crippen MR) is 116 cm³/mol. The second kappa shape index (κ2) is 8.28. The lowest BCUT2D eigenvalue weighted by atomic mass is 9.84. The van der Waals surface area contributed by atoms with Gasteiger partial charge in [0.25, 0.3) is 0 Å². The molecule has 1 aromatic heterocycles. The lowest BCUT2D eigenvalue weighted by Gasteiger charge is -2.44. The van der Waals surface area contributed by atoms with Gasteiger partial charge in [0.05, 0.1) is 18.2 Å². The summed E-state index contributed by atoms with van der Waals surface area (Å²) in [6, 6.07) is 8.18. The Morgan fingerprint density at radius 3 is 2.71 bits per heavy atom. The molecule has 1 aromatic carbocycles. The van der Waals surface area contributed by atoms with Crippen LogP contribution >= 0.6 is 0 Å². The SMILES string of the molecule is CCNc1cc(F)c(C2C3=C(CC(C)N2CC(C)(F)CO)c2ccccc2C3)c(F)n1. The molecule has 0 spiro atoms. The predicted octanol–water partition coefficient (Wildman–Crippen LogP) is 4.66. The molecule has 7 heteroatoms. The number of halogens is 3. The van der Waals surface area contributed by atoms with E-state index in [-0.39, 0.29) is 24.0 Å². The molecular formula is C24H28F3N3O. The Hall–Kier alpha value is -2.38. The van der Waals surface area contributed by atoms with Crippen LogP contribution in [0.4, 0.5) is 19.0 Å². The average Bonchev–Trinajstić information content (AvgIpc) is 3.08. The standard InChI is InChI=1S/C24H28F3N3O/c1-4-28-20-11-19(25)21(23(26)29-20)22-18-10-15-7-5-6-8-16(15)17(18)9-14(2)30(22)12-24(3,27)13-31/h5-8,11,14,22,31H,4,9-10,12-13H2,1-3H3,(H,28,29). The van der Waals surface area contributed by atoms with Gasteiger partial charge >= 0.3 is 0 Å². The first kappa shape index (κ1) is 21.8. The van der Waals surface area contributed by atoms with Crippen molar-refractivity contribution < 1.29 is 18.3 Å². The highest BCUT2D eigenvalue weighted by Crippen LogP contribution is 2.49. The molecule has 1 aliphatic heterocycles. The monoisotopic (exact) mass is 431 g/mol. The fraction of sp³-hybridized carbons (Fsp3) is 0.458. The zero-order valence-electron chi connectivity index (χ0n) is 18.1. The highest BCUT2D eigenvalue weighted by molar-refractivity contribution is 5.79. The highest BCUT2D eigenvalue weighted by atomic mass is 19.1. The van der Waals surface area contributed by atoms with Crippen molar-refractivity contribution >= 4 is 11.4 Å². The molecule has 0 saturated carbocycles. The van der Waals surface area contributed by atoms with E-state index in [0.717, 1.165) is 22.3 Å². The number of hydrogen-bond acceptors (Lipinski definition) is 4. The van der Waals surface area contributed by atoms with Crippen LogP contribution in [0.1, 0.15) is 49.9 Å². The Labute approximate surface area is 180 Å². The van der Waals surface area contributed by atoms with Gasteiger partial charge in [-0.05, 0) is 55.9 Å². The molecule has 0 fully saturated rings. The van der Waals surface area contributed by atoms with Gasteiger partial charge in [0, 0.05) is 25.2 Å². The van der Waals surface area contributed by atoms with Crippen LogP contribution in [-0.2, 0) is 6.42 Å². The van der Waals surface area contributed by atoms with Crippen molar-refractivity contribution in [3.05, 3.63) is 64.4 Å². The van der Waals surface area contributed by atoms with E-state index in [1.165, 1.54) is 13.0 Å². The summed E-state index contributed by atoms with van der Waals surface area (Å²) in [5.74, 6) is -1.47. The van der Waals surface area contributed by atoms with Gasteiger partial charge in [0.1, 0.15) is 17.3 Å². The minimum Gasteiger partial charge on any atom is -0.393 e. The average molecular weight is 432 g/mol. The van der Waals surface area contributed by atoms with Crippen molar-refractivity contribution in [2.75, 3.05) is 25.0 Å². The van der Waals surface area contributed by atoms with Gasteiger partial charge in [-0.3, -0.25) is 4.90 Å². The molecule has 0 amide bonds. The van der Waals surface area contributed by atoms with Gasteiger partial charge in [0.2, 0.25) is 5.95 Å². The smallest absolute Gasteiger partial charge is 0.222 e. The third-order valence-corrected chi connectivity index (χ3v) is 6.27. The Kier molecular flexibility index (Phi) is 5.83. The summed E-state index contributed by atoms with van der Waals surface area (Å²) in [6.45, 7) is 4.73. The lowest BCUT2D eigenvalue weighted by molar-refractivity contribution is 0.0179. The number of alkyl halides is 1. The fourth-order valence-corrected chi connectivity index (χ4v) is 4.85. The van der Waals surface area contributed by atoms with Gasteiger partial charge in [-0.2, -0.15) is 4.39 Å². The maximum Gasteiger partial charge on any atom is 0.222 e. The first-order valence-corrected chi connectivity index (χ1v) is 10.7. The molecule has 3 atom stereocenters. The molecule has 1 aliphatic carbocycles. The number of rotatable bonds is 6. The van der Waals surface area contributed by atoms with Crippen LogP contribution < -0.4 is 5.32 Å². The Morgan fingerprint density at radius 2 is 2.03 bits per heavy atom. The summed E-state index contributed by atoms with van der Waals surface area (Å²) in [5.41, 5.74) is 2.08. The first-order valence-electron chi connectivity index (χ1n) is 10.7. The minimum absolute atomic E-state index is 0.131. The van der Waals surface area contributed by atoms with Gasteiger partial charge in [0.15, 0.2) is 0 Å². The van der Waals surface area contributed by atoms with Gasteiger partial charge in [-0.1, -0.05) is 24.3 Å². The molecule has 2 aliphatic rings. The quantitative estimate of drug-likeness (QED) is 0.654. The number of fused-ring (bicyclic) bond motifs is 2. The summed E-state index contributed by atoms with van der Waals surface area (Å²) >= 11 is 0. The van der Waals surface area contributed by atoms with E-state index in [9.17, 15) is 9.50 Å². The van der Waals surface area contributed by atoms with Gasteiger partial charge in [-0.15, -0.1) is 0 Å². The zero-order valence-corrected chi connectivity index (χ0v) is 18.1. The van der Waals surface area contributed by atoms with Crippen LogP contribution in [-0.4, -0.2) is 46.4 Å². The first-order chi connectivity index (χ1) is 14.8. The number of benzene rings is 1. The van der Waals surface area contributed by atoms with E-state index in [4.69, 9.17) is 0 Å². The van der Waals surface area contributed by atoms with Crippen LogP contribution in [0.5, 0.6) is 0 Å². The van der Waals surface area contributed by atoms with E-state index in [1.54, 1.807) is 4.90 Å². The van der Waals surface area contributed by atoms with Crippen molar-refractivity contribution in [2.24, 2.45) is 0 Å². The summed E-state index contributed by atoms with van der Waals surface area (Å²) in [7, 11) is 0. The molecule has 0 bridgehead atoms. The molecule has 3 unspecified atom stereocenters. The molecule has 0 saturated heterocycles. The van der Waals surface area contributed by atoms with Crippen molar-refractivity contribution in [3.63, 3.8) is 0 Å². The molecule has 31 heavy (non-hydrogen) atoms. The van der Waals surface area contributed by atoms with Crippen LogP contribution in [0.3, 0.4) is 0 Å². The van der Waals surface area contributed by atoms with Gasteiger partial charge < -0.3 is 10.4 Å². The molecule has 2 aromatic rings. The van der Waals surface area contributed by atoms with Crippen molar-refractivity contribution in [3.8, 4) is 0 Å². The minimum atomic E-state index is -1.90. The van der Waals surface area contributed by atoms with Crippen molar-refractivity contribution in [1.82, 2.24) is 9.88 Å². The second-order valence-electron chi connectivity index (χ2n) is 8.76. The molecular weight excluding hydrogens is 403 g/mol. The van der Waals surface area contributed by atoms with Crippen molar-refractivity contribution in [2.45, 2.75) is 51.4 Å². The second-order valence-corrected chi connectivity index (χ2v) is 8.76. The van der Waals surface area contributed by atoms with E-state index < -0.39 is 30.1 Å². The van der Waals surface area contributed by atoms with Gasteiger partial charge in [-0.25, -0.2) is 13.8 Å². The van der Waals surface area contributed by atoms with Crippen LogP contribution in [0, 0.1) is 11.8 Å². The van der Waals surface area contributed by atoms with Crippen LogP contribution in [0.15, 0.2) is 35.9 Å². The van der Waals surface area contributed by atoms with E-state index >= 15 is 8.78 Å². The highest BCUT2D eigenvalue weighted by Gasteiger charge is 2.43. The van der Waals surface area contributed by atoms with Crippen LogP contribution in [0.25, 0.3) is 5.57 Å². The van der Waals surface area contributed by atoms with E-state index in [1.807, 2.05) is 38.1 Å². The summed E-state index contributed by atoms with van der Waals surface area (Å²) in [4.78, 5) is 5.70. The fourth-order valence-electron chi connectivity index (χ4n) is 4.85. The number of anilines is 1. The molecule has 4 rings (SSSR count). The lowest BCUT2D eigenvalue weighted by Crippen LogP contribution is -2.49. The number of hydrogen-bond donors (Lipinski definition) is 2. The maximum atomic E-state index is 15.3. The van der Waals surface area contributed by atoms with E-state index in [2.05, 4.69) is 10.3 Å². The largest absolute Gasteiger partial charge is 0.393 e. The molecule has 2 heterocycles. The summed E-state index contributed by atoms with van der Waals surface area (Å²) in [6.07, 6.45) is 1.20. The number of pyridine rings is 1. The number of aliphatic hydroxyl groups is 1. The Balaban J connectivity index is 1.87. The summed E-state index contributed by atoms with van der Waals surface area (Å²) in [5, 5.41) is 12.4.